The monoisotopic (exact) mass is 516 g/mol. The van der Waals surface area contributed by atoms with Crippen LogP contribution in [0, 0.1) is 0 Å². The van der Waals surface area contributed by atoms with Crippen molar-refractivity contribution in [3.05, 3.63) is 70.3 Å². The van der Waals surface area contributed by atoms with Gasteiger partial charge in [0.2, 0.25) is 5.91 Å². The number of nitrogens with zero attached hydrogens (tertiary/aromatic N) is 3. The van der Waals surface area contributed by atoms with Crippen molar-refractivity contribution in [2.75, 3.05) is 18.5 Å². The van der Waals surface area contributed by atoms with Crippen molar-refractivity contribution < 1.29 is 14.3 Å². The predicted octanol–water partition coefficient (Wildman–Crippen LogP) is 5.73. The third kappa shape index (κ3) is 6.99. The minimum absolute atomic E-state index is 0.133. The molecule has 0 atom stereocenters. The molecule has 9 heteroatoms. The molecule has 0 aliphatic carbocycles. The van der Waals surface area contributed by atoms with Crippen molar-refractivity contribution >= 4 is 40.8 Å². The van der Waals surface area contributed by atoms with Crippen LogP contribution >= 0.6 is 23.2 Å². The average molecular weight is 517 g/mol. The number of carbonyl (C=O) groups excluding carboxylic acids is 2. The van der Waals surface area contributed by atoms with E-state index in [9.17, 15) is 9.59 Å². The molecule has 1 aromatic heterocycles. The molecule has 7 nitrogen and oxygen atoms in total. The van der Waals surface area contributed by atoms with Gasteiger partial charge in [-0.15, -0.1) is 0 Å². The van der Waals surface area contributed by atoms with Gasteiger partial charge in [-0.05, 0) is 44.2 Å². The molecule has 0 aliphatic rings. The molecule has 0 saturated heterocycles. The predicted molar refractivity (Wildman–Crippen MR) is 140 cm³/mol. The van der Waals surface area contributed by atoms with E-state index < -0.39 is 0 Å². The summed E-state index contributed by atoms with van der Waals surface area (Å²) in [5, 5.41) is 8.39. The molecule has 0 unspecified atom stereocenters. The van der Waals surface area contributed by atoms with Gasteiger partial charge >= 0.3 is 0 Å². The Balaban J connectivity index is 1.78. The zero-order valence-electron chi connectivity index (χ0n) is 20.5. The highest BCUT2D eigenvalue weighted by atomic mass is 35.5. The summed E-state index contributed by atoms with van der Waals surface area (Å²) in [6.07, 6.45) is 0. The van der Waals surface area contributed by atoms with Crippen LogP contribution in [0.5, 0.6) is 5.75 Å². The normalized spacial score (nSPS) is 11.4. The largest absolute Gasteiger partial charge is 0.484 e. The molecule has 35 heavy (non-hydrogen) atoms. The van der Waals surface area contributed by atoms with Crippen LogP contribution in [-0.4, -0.2) is 45.7 Å². The Morgan fingerprint density at radius 1 is 1.06 bits per heavy atom. The quantitative estimate of drug-likeness (QED) is 0.414. The Labute approximate surface area is 216 Å². The topological polar surface area (TPSA) is 76.5 Å². The number of anilines is 1. The SMILES string of the molecule is CC(C)N(CC(=O)Nc1cc(C(C)(C)C)nn1-c1ccc(Cl)c(Cl)c1)C(=O)COc1ccccc1. The maximum Gasteiger partial charge on any atom is 0.261 e. The van der Waals surface area contributed by atoms with Crippen molar-refractivity contribution in [3.8, 4) is 11.4 Å². The average Bonchev–Trinajstić information content (AvgIpc) is 3.22. The minimum Gasteiger partial charge on any atom is -0.484 e. The lowest BCUT2D eigenvalue weighted by Gasteiger charge is -2.26. The maximum atomic E-state index is 13.0. The molecule has 2 aromatic carbocycles. The molecule has 0 saturated carbocycles. The summed E-state index contributed by atoms with van der Waals surface area (Å²) < 4.78 is 7.19. The molecule has 3 rings (SSSR count). The Kier molecular flexibility index (Phi) is 8.46. The van der Waals surface area contributed by atoms with Crippen LogP contribution in [0.1, 0.15) is 40.3 Å². The van der Waals surface area contributed by atoms with E-state index in [4.69, 9.17) is 27.9 Å². The van der Waals surface area contributed by atoms with Gasteiger partial charge in [0.15, 0.2) is 6.61 Å². The molecular formula is C26H30Cl2N4O3. The number of hydrogen-bond donors (Lipinski definition) is 1. The zero-order chi connectivity index (χ0) is 25.8. The number of aromatic nitrogens is 2. The van der Waals surface area contributed by atoms with Gasteiger partial charge in [0.1, 0.15) is 18.1 Å². The Morgan fingerprint density at radius 3 is 2.34 bits per heavy atom. The first-order valence-corrected chi connectivity index (χ1v) is 12.0. The van der Waals surface area contributed by atoms with E-state index in [1.165, 1.54) is 4.90 Å². The minimum atomic E-state index is -0.353. The smallest absolute Gasteiger partial charge is 0.261 e. The summed E-state index contributed by atoms with van der Waals surface area (Å²) in [6.45, 7) is 9.51. The van der Waals surface area contributed by atoms with Gasteiger partial charge in [-0.25, -0.2) is 4.68 Å². The van der Waals surface area contributed by atoms with Crippen LogP contribution in [0.25, 0.3) is 5.69 Å². The van der Waals surface area contributed by atoms with Crippen molar-refractivity contribution in [1.29, 1.82) is 0 Å². The van der Waals surface area contributed by atoms with Gasteiger partial charge in [0.25, 0.3) is 5.91 Å². The fourth-order valence-corrected chi connectivity index (χ4v) is 3.58. The number of ether oxygens (including phenoxy) is 1. The molecule has 0 aliphatic heterocycles. The van der Waals surface area contributed by atoms with Gasteiger partial charge < -0.3 is 15.0 Å². The Hall–Kier alpha value is -3.03. The molecule has 0 fully saturated rings. The van der Waals surface area contributed by atoms with Crippen LogP contribution in [0.3, 0.4) is 0 Å². The lowest BCUT2D eigenvalue weighted by atomic mass is 9.92. The Morgan fingerprint density at radius 2 is 1.74 bits per heavy atom. The number of benzene rings is 2. The van der Waals surface area contributed by atoms with Crippen molar-refractivity contribution in [1.82, 2.24) is 14.7 Å². The van der Waals surface area contributed by atoms with Crippen LogP contribution < -0.4 is 10.1 Å². The third-order valence-corrected chi connectivity index (χ3v) is 6.00. The first kappa shape index (κ1) is 26.6. The summed E-state index contributed by atoms with van der Waals surface area (Å²) >= 11 is 12.3. The fraction of sp³-hybridized carbons (Fsp3) is 0.346. The second kappa shape index (κ2) is 11.1. The van der Waals surface area contributed by atoms with Crippen LogP contribution in [0.2, 0.25) is 10.0 Å². The van der Waals surface area contributed by atoms with E-state index in [1.807, 2.05) is 58.9 Å². The summed E-state index contributed by atoms with van der Waals surface area (Å²) in [5.41, 5.74) is 1.18. The summed E-state index contributed by atoms with van der Waals surface area (Å²) in [5.74, 6) is 0.421. The second-order valence-corrected chi connectivity index (χ2v) is 10.3. The number of rotatable bonds is 8. The van der Waals surface area contributed by atoms with Crippen LogP contribution in [-0.2, 0) is 15.0 Å². The number of halogens is 2. The van der Waals surface area contributed by atoms with E-state index in [0.29, 0.717) is 27.3 Å². The molecular weight excluding hydrogens is 487 g/mol. The van der Waals surface area contributed by atoms with E-state index in [1.54, 1.807) is 35.0 Å². The van der Waals surface area contributed by atoms with Crippen molar-refractivity contribution in [2.24, 2.45) is 0 Å². The summed E-state index contributed by atoms with van der Waals surface area (Å²) in [7, 11) is 0. The summed E-state index contributed by atoms with van der Waals surface area (Å²) in [4.78, 5) is 27.3. The molecule has 1 N–H and O–H groups in total. The van der Waals surface area contributed by atoms with E-state index >= 15 is 0 Å². The van der Waals surface area contributed by atoms with Crippen molar-refractivity contribution in [2.45, 2.75) is 46.1 Å². The van der Waals surface area contributed by atoms with Gasteiger partial charge in [-0.2, -0.15) is 5.10 Å². The highest BCUT2D eigenvalue weighted by Crippen LogP contribution is 2.29. The number of carbonyl (C=O) groups is 2. The standard InChI is InChI=1S/C26H30Cl2N4O3/c1-17(2)31(25(34)16-35-19-9-7-6-8-10-19)15-24(33)29-23-14-22(26(3,4)5)30-32(23)18-11-12-20(27)21(28)13-18/h6-14,17H,15-16H2,1-5H3,(H,29,33). The number of para-hydroxylation sites is 1. The maximum absolute atomic E-state index is 13.0. The van der Waals surface area contributed by atoms with Gasteiger partial charge in [-0.3, -0.25) is 9.59 Å². The number of hydrogen-bond acceptors (Lipinski definition) is 4. The fourth-order valence-electron chi connectivity index (χ4n) is 3.29. The molecule has 0 spiro atoms. The zero-order valence-corrected chi connectivity index (χ0v) is 22.0. The van der Waals surface area contributed by atoms with Gasteiger partial charge in [-0.1, -0.05) is 62.2 Å². The number of nitrogens with one attached hydrogen (secondary N) is 1. The molecule has 2 amide bonds. The third-order valence-electron chi connectivity index (χ3n) is 5.26. The van der Waals surface area contributed by atoms with Crippen LogP contribution in [0.4, 0.5) is 5.82 Å². The molecule has 186 valence electrons. The molecule has 3 aromatic rings. The first-order valence-electron chi connectivity index (χ1n) is 11.3. The lowest BCUT2D eigenvalue weighted by Crippen LogP contribution is -2.44. The Bertz CT molecular complexity index is 1190. The highest BCUT2D eigenvalue weighted by molar-refractivity contribution is 6.42. The lowest BCUT2D eigenvalue weighted by molar-refractivity contribution is -0.138. The first-order chi connectivity index (χ1) is 16.5. The van der Waals surface area contributed by atoms with E-state index in [0.717, 1.165) is 5.69 Å². The number of amides is 2. The van der Waals surface area contributed by atoms with Gasteiger partial charge in [0.05, 0.1) is 21.4 Å². The molecule has 1 heterocycles. The molecule has 0 bridgehead atoms. The van der Waals surface area contributed by atoms with E-state index in [2.05, 4.69) is 10.4 Å². The highest BCUT2D eigenvalue weighted by Gasteiger charge is 2.24. The van der Waals surface area contributed by atoms with Crippen molar-refractivity contribution in [3.63, 3.8) is 0 Å². The summed E-state index contributed by atoms with van der Waals surface area (Å²) in [6, 6.07) is 15.8. The van der Waals surface area contributed by atoms with Crippen LogP contribution in [0.15, 0.2) is 54.6 Å². The second-order valence-electron chi connectivity index (χ2n) is 9.44. The van der Waals surface area contributed by atoms with Gasteiger partial charge in [0, 0.05) is 17.5 Å². The molecule has 0 radical (unpaired) electrons. The van der Waals surface area contributed by atoms with E-state index in [-0.39, 0.29) is 36.4 Å².